The largest absolute Gasteiger partial charge is 0.0991 e. The monoisotopic (exact) mass is 382 g/mol. The maximum absolute atomic E-state index is 3.94. The number of hydrogen-bond donors (Lipinski definition) is 0. The Labute approximate surface area is 177 Å². The van der Waals surface area contributed by atoms with Crippen LogP contribution in [0.25, 0.3) is 11.1 Å². The van der Waals surface area contributed by atoms with E-state index in [1.165, 1.54) is 67.2 Å². The summed E-state index contributed by atoms with van der Waals surface area (Å²) in [5.41, 5.74) is 6.09. The van der Waals surface area contributed by atoms with E-state index in [4.69, 9.17) is 0 Å². The smallest absolute Gasteiger partial charge is 0.0224 e. The van der Waals surface area contributed by atoms with Crippen LogP contribution >= 0.6 is 0 Å². The van der Waals surface area contributed by atoms with Crippen molar-refractivity contribution < 1.29 is 0 Å². The Morgan fingerprint density at radius 1 is 0.750 bits per heavy atom. The fourth-order valence-electron chi connectivity index (χ4n) is 2.25. The number of hydrogen-bond acceptors (Lipinski definition) is 0. The van der Waals surface area contributed by atoms with E-state index in [1.54, 1.807) is 6.08 Å². The molecule has 0 heteroatoms. The van der Waals surface area contributed by atoms with Crippen LogP contribution in [0, 0.1) is 0 Å². The summed E-state index contributed by atoms with van der Waals surface area (Å²) in [5, 5.41) is 0. The van der Waals surface area contributed by atoms with E-state index in [0.717, 1.165) is 5.57 Å². The van der Waals surface area contributed by atoms with Crippen molar-refractivity contribution in [3.63, 3.8) is 0 Å². The second kappa shape index (κ2) is 19.9. The highest BCUT2D eigenvalue weighted by Gasteiger charge is 1.99. The molecule has 0 bridgehead atoms. The summed E-state index contributed by atoms with van der Waals surface area (Å²) >= 11 is 0. The highest BCUT2D eigenvalue weighted by atomic mass is 14.0. The number of unbranched alkanes of at least 4 members (excludes halogenated alkanes) is 5. The summed E-state index contributed by atoms with van der Waals surface area (Å²) in [7, 11) is 0. The molecule has 1 rings (SSSR count). The second-order valence-corrected chi connectivity index (χ2v) is 7.32. The fraction of sp³-hybridized carbons (Fsp3) is 0.500. The van der Waals surface area contributed by atoms with Gasteiger partial charge in [-0.2, -0.15) is 0 Å². The minimum absolute atomic E-state index is 1.10. The zero-order valence-corrected chi connectivity index (χ0v) is 19.9. The molecular formula is C28H46. The third-order valence-corrected chi connectivity index (χ3v) is 4.59. The molecule has 158 valence electrons. The van der Waals surface area contributed by atoms with Gasteiger partial charge in [0, 0.05) is 0 Å². The Bertz CT molecular complexity index is 561. The first-order chi connectivity index (χ1) is 13.4. The van der Waals surface area contributed by atoms with Crippen molar-refractivity contribution in [2.45, 2.75) is 93.4 Å². The van der Waals surface area contributed by atoms with Gasteiger partial charge in [0.1, 0.15) is 0 Å². The fourth-order valence-corrected chi connectivity index (χ4v) is 2.25. The third kappa shape index (κ3) is 15.3. The van der Waals surface area contributed by atoms with Crippen LogP contribution in [0.1, 0.15) is 105 Å². The predicted octanol–water partition coefficient (Wildman–Crippen LogP) is 10.0. The average Bonchev–Trinajstić information content (AvgIpc) is 2.72. The first-order valence-electron chi connectivity index (χ1n) is 11.1. The van der Waals surface area contributed by atoms with Gasteiger partial charge in [-0.25, -0.2) is 0 Å². The summed E-state index contributed by atoms with van der Waals surface area (Å²) in [5.74, 6) is 0. The predicted molar refractivity (Wildman–Crippen MR) is 134 cm³/mol. The quantitative estimate of drug-likeness (QED) is 0.294. The summed E-state index contributed by atoms with van der Waals surface area (Å²) < 4.78 is 0. The lowest BCUT2D eigenvalue weighted by atomic mass is 9.99. The Balaban J connectivity index is 0. The van der Waals surface area contributed by atoms with Crippen molar-refractivity contribution in [1.82, 2.24) is 0 Å². The zero-order valence-electron chi connectivity index (χ0n) is 19.9. The molecule has 0 amide bonds. The van der Waals surface area contributed by atoms with Crippen molar-refractivity contribution in [2.24, 2.45) is 0 Å². The van der Waals surface area contributed by atoms with Gasteiger partial charge in [0.15, 0.2) is 0 Å². The Morgan fingerprint density at radius 3 is 1.57 bits per heavy atom. The molecule has 0 aliphatic carbocycles. The molecule has 0 unspecified atom stereocenters. The molecule has 0 saturated heterocycles. The van der Waals surface area contributed by atoms with Crippen LogP contribution in [-0.2, 0) is 0 Å². The molecule has 0 heterocycles. The Morgan fingerprint density at radius 2 is 1.21 bits per heavy atom. The van der Waals surface area contributed by atoms with Gasteiger partial charge in [-0.1, -0.05) is 134 Å². The third-order valence-electron chi connectivity index (χ3n) is 4.59. The van der Waals surface area contributed by atoms with Crippen LogP contribution in [0.4, 0.5) is 0 Å². The maximum atomic E-state index is 3.94. The number of allylic oxidation sites excluding steroid dienone is 6. The van der Waals surface area contributed by atoms with Gasteiger partial charge < -0.3 is 0 Å². The van der Waals surface area contributed by atoms with Crippen molar-refractivity contribution in [1.29, 1.82) is 0 Å². The van der Waals surface area contributed by atoms with Crippen molar-refractivity contribution in [3.8, 4) is 0 Å². The summed E-state index contributed by atoms with van der Waals surface area (Å²) in [6.45, 7) is 22.7. The second-order valence-electron chi connectivity index (χ2n) is 7.32. The molecule has 1 aromatic carbocycles. The van der Waals surface area contributed by atoms with E-state index in [9.17, 15) is 0 Å². The van der Waals surface area contributed by atoms with E-state index < -0.39 is 0 Å². The van der Waals surface area contributed by atoms with Gasteiger partial charge >= 0.3 is 0 Å². The van der Waals surface area contributed by atoms with Gasteiger partial charge in [-0.3, -0.25) is 0 Å². The van der Waals surface area contributed by atoms with Gasteiger partial charge in [-0.05, 0) is 43.0 Å². The molecule has 0 atom stereocenters. The van der Waals surface area contributed by atoms with Crippen molar-refractivity contribution in [2.75, 3.05) is 0 Å². The number of benzene rings is 1. The van der Waals surface area contributed by atoms with E-state index in [-0.39, 0.29) is 0 Å². The van der Waals surface area contributed by atoms with Crippen LogP contribution in [0.2, 0.25) is 0 Å². The first-order valence-corrected chi connectivity index (χ1v) is 11.1. The molecule has 0 saturated carbocycles. The van der Waals surface area contributed by atoms with Gasteiger partial charge in [0.25, 0.3) is 0 Å². The molecular weight excluding hydrogens is 336 g/mol. The van der Waals surface area contributed by atoms with Crippen LogP contribution < -0.4 is 0 Å². The molecule has 0 N–H and O–H groups in total. The topological polar surface area (TPSA) is 0 Å². The Kier molecular flexibility index (Phi) is 20.2. The maximum Gasteiger partial charge on any atom is -0.0224 e. The molecule has 0 aliphatic heterocycles. The minimum atomic E-state index is 1.10. The van der Waals surface area contributed by atoms with E-state index in [1.807, 2.05) is 13.0 Å². The summed E-state index contributed by atoms with van der Waals surface area (Å²) in [4.78, 5) is 0. The molecule has 0 aliphatic rings. The molecule has 0 fully saturated rings. The number of rotatable bonds is 9. The SMILES string of the molecule is C=C/C=C\C(C)=C(/C)c1ccc(C(=C)C)cc1.CCCC.CCCCCCC. The minimum Gasteiger partial charge on any atom is -0.0991 e. The lowest BCUT2D eigenvalue weighted by Crippen LogP contribution is -1.85. The van der Waals surface area contributed by atoms with Gasteiger partial charge in [0.2, 0.25) is 0 Å². The van der Waals surface area contributed by atoms with E-state index in [0.29, 0.717) is 0 Å². The zero-order chi connectivity index (χ0) is 21.8. The van der Waals surface area contributed by atoms with E-state index >= 15 is 0 Å². The van der Waals surface area contributed by atoms with Gasteiger partial charge in [0.05, 0.1) is 0 Å². The first kappa shape index (κ1) is 28.4. The molecule has 28 heavy (non-hydrogen) atoms. The van der Waals surface area contributed by atoms with Crippen LogP contribution in [0.3, 0.4) is 0 Å². The highest BCUT2D eigenvalue weighted by Crippen LogP contribution is 2.21. The normalized spacial score (nSPS) is 11.0. The van der Waals surface area contributed by atoms with Crippen LogP contribution in [0.15, 0.2) is 61.2 Å². The lowest BCUT2D eigenvalue weighted by Gasteiger charge is -2.06. The summed E-state index contributed by atoms with van der Waals surface area (Å²) in [6, 6.07) is 8.52. The van der Waals surface area contributed by atoms with Crippen LogP contribution in [0.5, 0.6) is 0 Å². The molecule has 1 aromatic rings. The van der Waals surface area contributed by atoms with Crippen molar-refractivity contribution >= 4 is 11.1 Å². The van der Waals surface area contributed by atoms with Gasteiger partial charge in [-0.15, -0.1) is 0 Å². The highest BCUT2D eigenvalue weighted by molar-refractivity contribution is 5.71. The molecule has 0 nitrogen and oxygen atoms in total. The molecule has 0 aromatic heterocycles. The van der Waals surface area contributed by atoms with Crippen molar-refractivity contribution in [3.05, 3.63) is 72.4 Å². The lowest BCUT2D eigenvalue weighted by molar-refractivity contribution is 0.656. The summed E-state index contributed by atoms with van der Waals surface area (Å²) in [6.07, 6.45) is 15.5. The average molecular weight is 383 g/mol. The van der Waals surface area contributed by atoms with E-state index in [2.05, 4.69) is 85.0 Å². The molecule has 0 radical (unpaired) electrons. The van der Waals surface area contributed by atoms with Crippen LogP contribution in [-0.4, -0.2) is 0 Å². The molecule has 0 spiro atoms. The Hall–Kier alpha value is -1.82. The standard InChI is InChI=1S/C17H20.C7H16.C4H10/c1-6-7-8-14(4)15(5)17-11-9-16(10-12-17)13(2)3;1-3-5-7-6-4-2;1-3-4-2/h6-12H,1-2H2,3-5H3;3-7H2,1-2H3;3-4H2,1-2H3/b8-7-,15-14+;;.